The Morgan fingerprint density at radius 3 is 2.67 bits per heavy atom. The van der Waals surface area contributed by atoms with E-state index >= 15 is 0 Å². The number of unbranched alkanes of at least 4 members (excludes halogenated alkanes) is 1. The highest BCUT2D eigenvalue weighted by Crippen LogP contribution is 2.44. The Morgan fingerprint density at radius 1 is 1.22 bits per heavy atom. The highest BCUT2D eigenvalue weighted by molar-refractivity contribution is 7.17. The smallest absolute Gasteiger partial charge is 0.350 e. The third-order valence-electron chi connectivity index (χ3n) is 5.71. The first-order chi connectivity index (χ1) is 17.3. The maximum absolute atomic E-state index is 13.3. The molecule has 10 heteroatoms. The fourth-order valence-electron chi connectivity index (χ4n) is 3.89. The first-order valence-electron chi connectivity index (χ1n) is 11.4. The molecule has 1 amide bonds. The molecule has 1 N–H and O–H groups in total. The molecule has 1 aliphatic heterocycles. The molecule has 36 heavy (non-hydrogen) atoms. The maximum atomic E-state index is 13.3. The minimum absolute atomic E-state index is 0.116. The Labute approximate surface area is 212 Å². The summed E-state index contributed by atoms with van der Waals surface area (Å²) >= 11 is 0.925. The van der Waals surface area contributed by atoms with Crippen LogP contribution >= 0.6 is 11.3 Å². The monoisotopic (exact) mass is 510 g/mol. The zero-order valence-electron chi connectivity index (χ0n) is 20.4. The van der Waals surface area contributed by atoms with Crippen molar-refractivity contribution in [2.45, 2.75) is 39.7 Å². The van der Waals surface area contributed by atoms with Gasteiger partial charge >= 0.3 is 11.9 Å². The van der Waals surface area contributed by atoms with Gasteiger partial charge in [-0.25, -0.2) is 9.78 Å². The fraction of sp³-hybridized carbons (Fsp3) is 0.308. The normalized spacial score (nSPS) is 17.0. The second-order valence-electron chi connectivity index (χ2n) is 8.25. The predicted octanol–water partition coefficient (Wildman–Crippen LogP) is 4.94. The molecule has 1 atom stereocenters. The molecule has 1 fully saturated rings. The van der Waals surface area contributed by atoms with Gasteiger partial charge < -0.3 is 19.0 Å². The summed E-state index contributed by atoms with van der Waals surface area (Å²) in [5.41, 5.74) is 0.531. The van der Waals surface area contributed by atoms with Gasteiger partial charge in [0.05, 0.1) is 25.0 Å². The number of carbonyl (C=O) groups excluding carboxylic acids is 3. The highest BCUT2D eigenvalue weighted by atomic mass is 32.1. The van der Waals surface area contributed by atoms with Gasteiger partial charge in [0, 0.05) is 5.56 Å². The number of amides is 1. The fourth-order valence-corrected chi connectivity index (χ4v) is 4.90. The van der Waals surface area contributed by atoms with Crippen molar-refractivity contribution in [3.05, 3.63) is 69.6 Å². The molecular weight excluding hydrogens is 484 g/mol. The van der Waals surface area contributed by atoms with Crippen LogP contribution in [0.1, 0.15) is 58.3 Å². The van der Waals surface area contributed by atoms with Crippen molar-refractivity contribution >= 4 is 39.9 Å². The lowest BCUT2D eigenvalue weighted by atomic mass is 9.99. The number of furan rings is 1. The Morgan fingerprint density at radius 2 is 2.00 bits per heavy atom. The standard InChI is InChI=1S/C26H26N2O7S/c1-5-6-12-34-17-9-7-8-16(13-17)21(29)19-20(18-11-10-14(2)35-18)28(24(31)22(19)30)26-27-15(3)23(36-26)25(32)33-4/h7-11,13,20,29H,5-6,12H2,1-4H3. The van der Waals surface area contributed by atoms with E-state index in [2.05, 4.69) is 11.9 Å². The van der Waals surface area contributed by atoms with Crippen molar-refractivity contribution < 1.29 is 33.4 Å². The summed E-state index contributed by atoms with van der Waals surface area (Å²) in [5, 5.41) is 11.4. The van der Waals surface area contributed by atoms with Crippen LogP contribution in [0.5, 0.6) is 5.75 Å². The van der Waals surface area contributed by atoms with Gasteiger partial charge in [0.25, 0.3) is 5.78 Å². The molecule has 188 valence electrons. The van der Waals surface area contributed by atoms with Crippen LogP contribution in [0, 0.1) is 13.8 Å². The minimum atomic E-state index is -1.08. The molecule has 2 aromatic heterocycles. The van der Waals surface area contributed by atoms with E-state index in [9.17, 15) is 19.5 Å². The molecule has 0 saturated carbocycles. The van der Waals surface area contributed by atoms with Crippen LogP contribution in [0.3, 0.4) is 0 Å². The number of Topliss-reactive ketones (excluding diaryl/α,β-unsaturated/α-hetero) is 1. The number of benzene rings is 1. The van der Waals surface area contributed by atoms with Crippen LogP contribution in [-0.2, 0) is 14.3 Å². The van der Waals surface area contributed by atoms with E-state index in [1.807, 2.05) is 0 Å². The molecule has 0 spiro atoms. The number of esters is 1. The molecule has 1 saturated heterocycles. The summed E-state index contributed by atoms with van der Waals surface area (Å²) in [6, 6.07) is 8.95. The predicted molar refractivity (Wildman–Crippen MR) is 133 cm³/mol. The molecule has 0 bridgehead atoms. The molecule has 1 aliphatic rings. The van der Waals surface area contributed by atoms with Crippen LogP contribution in [0.25, 0.3) is 5.76 Å². The zero-order valence-corrected chi connectivity index (χ0v) is 21.2. The first kappa shape index (κ1) is 25.2. The molecule has 0 radical (unpaired) electrons. The molecule has 9 nitrogen and oxygen atoms in total. The summed E-state index contributed by atoms with van der Waals surface area (Å²) in [6.45, 7) is 5.91. The van der Waals surface area contributed by atoms with Crippen LogP contribution in [0.15, 0.2) is 46.4 Å². The van der Waals surface area contributed by atoms with Crippen molar-refractivity contribution in [1.82, 2.24) is 4.98 Å². The van der Waals surface area contributed by atoms with E-state index < -0.39 is 23.7 Å². The number of aliphatic hydroxyl groups excluding tert-OH is 1. The van der Waals surface area contributed by atoms with Gasteiger partial charge in [-0.3, -0.25) is 14.5 Å². The molecule has 4 rings (SSSR count). The molecule has 1 aromatic carbocycles. The lowest BCUT2D eigenvalue weighted by Crippen LogP contribution is -2.29. The quantitative estimate of drug-likeness (QED) is 0.149. The average Bonchev–Trinajstić information content (AvgIpc) is 3.54. The number of anilines is 1. The van der Waals surface area contributed by atoms with Crippen molar-refractivity contribution in [1.29, 1.82) is 0 Å². The second-order valence-corrected chi connectivity index (χ2v) is 9.23. The van der Waals surface area contributed by atoms with Gasteiger partial charge in [-0.15, -0.1) is 0 Å². The lowest BCUT2D eigenvalue weighted by molar-refractivity contribution is -0.132. The van der Waals surface area contributed by atoms with Crippen LogP contribution in [0.2, 0.25) is 0 Å². The molecular formula is C26H26N2O7S. The van der Waals surface area contributed by atoms with Crippen molar-refractivity contribution in [3.8, 4) is 5.75 Å². The molecule has 3 heterocycles. The van der Waals surface area contributed by atoms with E-state index in [-0.39, 0.29) is 27.1 Å². The number of carbonyl (C=O) groups is 3. The van der Waals surface area contributed by atoms with Gasteiger partial charge in [-0.1, -0.05) is 36.8 Å². The number of methoxy groups -OCH3 is 1. The van der Waals surface area contributed by atoms with Crippen LogP contribution in [0.4, 0.5) is 5.13 Å². The SMILES string of the molecule is CCCCOc1cccc(C(O)=C2C(=O)C(=O)N(c3nc(C)c(C(=O)OC)s3)C2c2ccc(C)o2)c1. The maximum Gasteiger partial charge on any atom is 0.350 e. The lowest BCUT2D eigenvalue weighted by Gasteiger charge is -2.20. The van der Waals surface area contributed by atoms with E-state index in [1.165, 1.54) is 7.11 Å². The number of thiazole rings is 1. The zero-order chi connectivity index (χ0) is 26.0. The third-order valence-corrected chi connectivity index (χ3v) is 6.85. The van der Waals surface area contributed by atoms with Gasteiger partial charge in [-0.2, -0.15) is 0 Å². The van der Waals surface area contributed by atoms with Crippen molar-refractivity contribution in [2.24, 2.45) is 0 Å². The first-order valence-corrected chi connectivity index (χ1v) is 12.2. The van der Waals surface area contributed by atoms with E-state index in [0.29, 0.717) is 29.4 Å². The van der Waals surface area contributed by atoms with Crippen LogP contribution < -0.4 is 9.64 Å². The van der Waals surface area contributed by atoms with Crippen LogP contribution in [-0.4, -0.2) is 41.5 Å². The van der Waals surface area contributed by atoms with Gasteiger partial charge in [-0.05, 0) is 44.5 Å². The number of aliphatic hydroxyl groups is 1. The summed E-state index contributed by atoms with van der Waals surface area (Å²) in [7, 11) is 1.25. The number of aryl methyl sites for hydroxylation is 2. The van der Waals surface area contributed by atoms with Gasteiger partial charge in [0.15, 0.2) is 5.13 Å². The average molecular weight is 511 g/mol. The summed E-state index contributed by atoms with van der Waals surface area (Å²) in [5.74, 6) is -1.38. The van der Waals surface area contributed by atoms with Crippen molar-refractivity contribution in [3.63, 3.8) is 0 Å². The molecule has 1 unspecified atom stereocenters. The third kappa shape index (κ3) is 4.64. The number of aromatic nitrogens is 1. The Bertz CT molecular complexity index is 1350. The number of ketones is 1. The topological polar surface area (TPSA) is 119 Å². The summed E-state index contributed by atoms with van der Waals surface area (Å²) in [6.07, 6.45) is 1.85. The Balaban J connectivity index is 1.84. The molecule has 3 aromatic rings. The summed E-state index contributed by atoms with van der Waals surface area (Å²) in [4.78, 5) is 44.4. The minimum Gasteiger partial charge on any atom is -0.507 e. The largest absolute Gasteiger partial charge is 0.507 e. The number of ether oxygens (including phenoxy) is 2. The molecule has 0 aliphatic carbocycles. The summed E-state index contributed by atoms with van der Waals surface area (Å²) < 4.78 is 16.3. The number of rotatable bonds is 8. The Hall–Kier alpha value is -3.92. The van der Waals surface area contributed by atoms with E-state index in [0.717, 1.165) is 29.1 Å². The number of nitrogens with zero attached hydrogens (tertiary/aromatic N) is 2. The second kappa shape index (κ2) is 10.4. The van der Waals surface area contributed by atoms with Crippen molar-refractivity contribution in [2.75, 3.05) is 18.6 Å². The number of hydrogen-bond donors (Lipinski definition) is 1. The van der Waals surface area contributed by atoms with E-state index in [4.69, 9.17) is 13.9 Å². The van der Waals surface area contributed by atoms with Gasteiger partial charge in [0.2, 0.25) is 0 Å². The van der Waals surface area contributed by atoms with Gasteiger partial charge in [0.1, 0.15) is 33.9 Å². The Kier molecular flexibility index (Phi) is 7.25. The number of hydrogen-bond acceptors (Lipinski definition) is 9. The highest BCUT2D eigenvalue weighted by Gasteiger charge is 2.50. The van der Waals surface area contributed by atoms with E-state index in [1.54, 1.807) is 50.2 Å².